The standard InChI is InChI=1S/C32H48F2N4O4/c1-31(2,3)38-19-24(23-13-12-22(33)18-26(23)34)25(20-38)28(39)36-14-16-37(17-15-36)29(40)27(21-10-8-7-9-11-21)35-30(41)42-32(4,5)6/h12-13,18,21,24-25,27H,7-11,14-17,19-20H2,1-6H3,(H,35,41)/t24-,25+,27-/m0/s1. The Morgan fingerprint density at radius 2 is 1.52 bits per heavy atom. The molecule has 1 aromatic rings. The quantitative estimate of drug-likeness (QED) is 0.527. The third-order valence-corrected chi connectivity index (χ3v) is 8.91. The lowest BCUT2D eigenvalue weighted by molar-refractivity contribution is -0.144. The average Bonchev–Trinajstić information content (AvgIpc) is 3.36. The van der Waals surface area contributed by atoms with E-state index in [1.165, 1.54) is 12.1 Å². The molecule has 0 spiro atoms. The first-order chi connectivity index (χ1) is 19.6. The molecule has 1 aliphatic carbocycles. The number of piperazine rings is 1. The number of nitrogens with one attached hydrogen (secondary N) is 1. The highest BCUT2D eigenvalue weighted by Gasteiger charge is 2.45. The summed E-state index contributed by atoms with van der Waals surface area (Å²) in [6.45, 7) is 14.0. The molecule has 4 rings (SSSR count). The largest absolute Gasteiger partial charge is 0.444 e. The molecule has 3 atom stereocenters. The highest BCUT2D eigenvalue weighted by molar-refractivity contribution is 5.87. The van der Waals surface area contributed by atoms with Crippen molar-refractivity contribution in [3.63, 3.8) is 0 Å². The number of rotatable bonds is 5. The Morgan fingerprint density at radius 1 is 0.905 bits per heavy atom. The van der Waals surface area contributed by atoms with Crippen LogP contribution in [-0.4, -0.2) is 89.1 Å². The fourth-order valence-corrected chi connectivity index (χ4v) is 6.58. The van der Waals surface area contributed by atoms with Crippen LogP contribution in [0.5, 0.6) is 0 Å². The zero-order chi connectivity index (χ0) is 30.8. The third kappa shape index (κ3) is 7.79. The van der Waals surface area contributed by atoms with Gasteiger partial charge >= 0.3 is 6.09 Å². The molecular formula is C32H48F2N4O4. The van der Waals surface area contributed by atoms with Crippen LogP contribution in [0.3, 0.4) is 0 Å². The third-order valence-electron chi connectivity index (χ3n) is 8.91. The molecule has 42 heavy (non-hydrogen) atoms. The molecule has 0 unspecified atom stereocenters. The van der Waals surface area contributed by atoms with E-state index in [2.05, 4.69) is 31.0 Å². The van der Waals surface area contributed by atoms with Crippen LogP contribution in [0.25, 0.3) is 0 Å². The van der Waals surface area contributed by atoms with Gasteiger partial charge in [-0.25, -0.2) is 13.6 Å². The van der Waals surface area contributed by atoms with E-state index in [9.17, 15) is 23.2 Å². The van der Waals surface area contributed by atoms with Gasteiger partial charge in [0.2, 0.25) is 11.8 Å². The van der Waals surface area contributed by atoms with Crippen molar-refractivity contribution in [2.24, 2.45) is 11.8 Å². The Morgan fingerprint density at radius 3 is 2.10 bits per heavy atom. The van der Waals surface area contributed by atoms with E-state index in [0.29, 0.717) is 44.8 Å². The molecular weight excluding hydrogens is 542 g/mol. The molecule has 3 aliphatic rings. The molecule has 2 saturated heterocycles. The summed E-state index contributed by atoms with van der Waals surface area (Å²) in [5, 5.41) is 2.87. The van der Waals surface area contributed by atoms with Crippen LogP contribution in [0.2, 0.25) is 0 Å². The van der Waals surface area contributed by atoms with Crippen molar-refractivity contribution in [1.29, 1.82) is 0 Å². The zero-order valence-electron chi connectivity index (χ0n) is 26.1. The molecule has 0 aromatic heterocycles. The summed E-state index contributed by atoms with van der Waals surface area (Å²) in [7, 11) is 0. The maximum Gasteiger partial charge on any atom is 0.408 e. The molecule has 1 saturated carbocycles. The highest BCUT2D eigenvalue weighted by atomic mass is 19.1. The van der Waals surface area contributed by atoms with Gasteiger partial charge in [0.1, 0.15) is 23.3 Å². The summed E-state index contributed by atoms with van der Waals surface area (Å²) in [5.41, 5.74) is -0.531. The first kappa shape index (κ1) is 32.2. The van der Waals surface area contributed by atoms with E-state index >= 15 is 0 Å². The van der Waals surface area contributed by atoms with Crippen molar-refractivity contribution < 1.29 is 27.9 Å². The summed E-state index contributed by atoms with van der Waals surface area (Å²) in [5.74, 6) is -2.30. The summed E-state index contributed by atoms with van der Waals surface area (Å²) >= 11 is 0. The Balaban J connectivity index is 1.45. The van der Waals surface area contributed by atoms with Gasteiger partial charge in [-0.2, -0.15) is 0 Å². The predicted octanol–water partition coefficient (Wildman–Crippen LogP) is 4.92. The smallest absolute Gasteiger partial charge is 0.408 e. The van der Waals surface area contributed by atoms with Crippen LogP contribution >= 0.6 is 0 Å². The molecule has 8 nitrogen and oxygen atoms in total. The van der Waals surface area contributed by atoms with Gasteiger partial charge in [0.15, 0.2) is 0 Å². The molecule has 3 fully saturated rings. The van der Waals surface area contributed by atoms with E-state index < -0.39 is 41.2 Å². The lowest BCUT2D eigenvalue weighted by atomic mass is 9.83. The molecule has 2 heterocycles. The minimum absolute atomic E-state index is 0.0478. The summed E-state index contributed by atoms with van der Waals surface area (Å²) < 4.78 is 34.0. The molecule has 1 N–H and O–H groups in total. The first-order valence-electron chi connectivity index (χ1n) is 15.4. The Kier molecular flexibility index (Phi) is 9.85. The topological polar surface area (TPSA) is 82.2 Å². The van der Waals surface area contributed by atoms with E-state index in [1.807, 2.05) is 0 Å². The van der Waals surface area contributed by atoms with Gasteiger partial charge in [-0.1, -0.05) is 25.3 Å². The van der Waals surface area contributed by atoms with Gasteiger partial charge in [0.25, 0.3) is 0 Å². The SMILES string of the molecule is CC(C)(C)OC(=O)N[C@H](C(=O)N1CCN(C(=O)[C@@H]2CN(C(C)(C)C)C[C@H]2c2ccc(F)cc2F)CC1)C1CCCCC1. The van der Waals surface area contributed by atoms with E-state index in [-0.39, 0.29) is 23.3 Å². The van der Waals surface area contributed by atoms with Crippen LogP contribution in [0.4, 0.5) is 13.6 Å². The predicted molar refractivity (Wildman–Crippen MR) is 157 cm³/mol. The number of hydrogen-bond donors (Lipinski definition) is 1. The van der Waals surface area contributed by atoms with Crippen molar-refractivity contribution in [1.82, 2.24) is 20.0 Å². The number of alkyl carbamates (subject to hydrolysis) is 1. The minimum atomic E-state index is -0.673. The summed E-state index contributed by atoms with van der Waals surface area (Å²) in [6.07, 6.45) is 4.33. The van der Waals surface area contributed by atoms with Crippen LogP contribution < -0.4 is 5.32 Å². The number of halogens is 2. The summed E-state index contributed by atoms with van der Waals surface area (Å²) in [4.78, 5) is 46.0. The monoisotopic (exact) mass is 590 g/mol. The number of amides is 3. The van der Waals surface area contributed by atoms with E-state index in [0.717, 1.165) is 38.2 Å². The van der Waals surface area contributed by atoms with Crippen molar-refractivity contribution in [2.75, 3.05) is 39.3 Å². The normalized spacial score (nSPS) is 23.5. The van der Waals surface area contributed by atoms with Crippen LogP contribution in [0.1, 0.15) is 85.1 Å². The zero-order valence-corrected chi connectivity index (χ0v) is 26.1. The maximum absolute atomic E-state index is 14.9. The van der Waals surface area contributed by atoms with Crippen molar-refractivity contribution >= 4 is 17.9 Å². The van der Waals surface area contributed by atoms with Crippen LogP contribution in [-0.2, 0) is 14.3 Å². The highest BCUT2D eigenvalue weighted by Crippen LogP contribution is 2.38. The van der Waals surface area contributed by atoms with Gasteiger partial charge in [-0.15, -0.1) is 0 Å². The number of hydrogen-bond acceptors (Lipinski definition) is 5. The molecule has 0 bridgehead atoms. The second-order valence-electron chi connectivity index (χ2n) is 14.1. The lowest BCUT2D eigenvalue weighted by Gasteiger charge is -2.40. The fourth-order valence-electron chi connectivity index (χ4n) is 6.58. The second-order valence-corrected chi connectivity index (χ2v) is 14.1. The summed E-state index contributed by atoms with van der Waals surface area (Å²) in [6, 6.07) is 2.93. The number of nitrogens with zero attached hydrogens (tertiary/aromatic N) is 3. The first-order valence-corrected chi connectivity index (χ1v) is 15.4. The van der Waals surface area contributed by atoms with Crippen LogP contribution in [0.15, 0.2) is 18.2 Å². The fraction of sp³-hybridized carbons (Fsp3) is 0.719. The van der Waals surface area contributed by atoms with Gasteiger partial charge in [-0.05, 0) is 71.9 Å². The Bertz CT molecular complexity index is 1130. The van der Waals surface area contributed by atoms with Gasteiger partial charge in [0.05, 0.1) is 5.92 Å². The van der Waals surface area contributed by atoms with Crippen molar-refractivity contribution in [3.8, 4) is 0 Å². The number of carbonyl (C=O) groups excluding carboxylic acids is 3. The number of carbonyl (C=O) groups is 3. The molecule has 1 aromatic carbocycles. The molecule has 0 radical (unpaired) electrons. The van der Waals surface area contributed by atoms with Crippen LogP contribution in [0, 0.1) is 23.5 Å². The Labute approximate surface area is 249 Å². The average molecular weight is 591 g/mol. The van der Waals surface area contributed by atoms with E-state index in [1.54, 1.807) is 30.6 Å². The number of likely N-dealkylation sites (tertiary alicyclic amines) is 1. The molecule has 234 valence electrons. The Hall–Kier alpha value is -2.75. The molecule has 10 heteroatoms. The molecule has 3 amide bonds. The lowest BCUT2D eigenvalue weighted by Crippen LogP contribution is -2.58. The minimum Gasteiger partial charge on any atom is -0.444 e. The number of benzene rings is 1. The maximum atomic E-state index is 14.9. The van der Waals surface area contributed by atoms with Crippen molar-refractivity contribution in [2.45, 2.75) is 96.7 Å². The van der Waals surface area contributed by atoms with Crippen molar-refractivity contribution in [3.05, 3.63) is 35.4 Å². The van der Waals surface area contributed by atoms with Gasteiger partial charge in [0, 0.05) is 56.8 Å². The van der Waals surface area contributed by atoms with E-state index in [4.69, 9.17) is 4.74 Å². The molecule has 2 aliphatic heterocycles. The van der Waals surface area contributed by atoms with Gasteiger partial charge in [-0.3, -0.25) is 14.5 Å². The second kappa shape index (κ2) is 12.9. The number of ether oxygens (including phenoxy) is 1. The van der Waals surface area contributed by atoms with Gasteiger partial charge < -0.3 is 19.9 Å².